The van der Waals surface area contributed by atoms with Crippen LogP contribution in [0.4, 0.5) is 5.69 Å². The van der Waals surface area contributed by atoms with Crippen LogP contribution in [0.25, 0.3) is 0 Å². The summed E-state index contributed by atoms with van der Waals surface area (Å²) in [5.74, 6) is -0.209. The molecule has 6 nitrogen and oxygen atoms in total. The number of nitrogens with two attached hydrogens (primary N) is 1. The number of hydrogen-bond donors (Lipinski definition) is 2. The van der Waals surface area contributed by atoms with E-state index in [1.165, 1.54) is 4.31 Å². The first-order valence-electron chi connectivity index (χ1n) is 8.63. The van der Waals surface area contributed by atoms with Crippen molar-refractivity contribution in [2.45, 2.75) is 24.6 Å². The first-order chi connectivity index (χ1) is 12.5. The van der Waals surface area contributed by atoms with Crippen molar-refractivity contribution < 1.29 is 13.2 Å². The molecule has 0 aliphatic carbocycles. The molecule has 0 saturated carbocycles. The van der Waals surface area contributed by atoms with Crippen LogP contribution in [0.2, 0.25) is 0 Å². The molecule has 0 radical (unpaired) electrons. The Balaban J connectivity index is 1.55. The van der Waals surface area contributed by atoms with Gasteiger partial charge in [0, 0.05) is 24.8 Å². The predicted molar refractivity (Wildman–Crippen MR) is 102 cm³/mol. The van der Waals surface area contributed by atoms with E-state index in [1.807, 2.05) is 30.3 Å². The third kappa shape index (κ3) is 4.42. The number of nitrogens with one attached hydrogen (secondary N) is 1. The fraction of sp³-hybridized carbons (Fsp3) is 0.316. The van der Waals surface area contributed by atoms with Gasteiger partial charge < -0.3 is 11.1 Å². The van der Waals surface area contributed by atoms with Crippen LogP contribution >= 0.6 is 0 Å². The molecule has 1 aliphatic heterocycles. The summed E-state index contributed by atoms with van der Waals surface area (Å²) in [6, 6.07) is 16.0. The number of carbonyl (C=O) groups excluding carboxylic acids is 1. The molecule has 0 spiro atoms. The van der Waals surface area contributed by atoms with Gasteiger partial charge in [-0.05, 0) is 30.5 Å². The zero-order chi connectivity index (χ0) is 18.6. The molecule has 1 aliphatic rings. The third-order valence-electron chi connectivity index (χ3n) is 4.58. The lowest BCUT2D eigenvalue weighted by molar-refractivity contribution is 0.0925. The second-order valence-electron chi connectivity index (χ2n) is 6.48. The van der Waals surface area contributed by atoms with Gasteiger partial charge in [0.15, 0.2) is 0 Å². The molecule has 1 heterocycles. The van der Waals surface area contributed by atoms with E-state index >= 15 is 0 Å². The summed E-state index contributed by atoms with van der Waals surface area (Å²) >= 11 is 0. The summed E-state index contributed by atoms with van der Waals surface area (Å²) in [5.41, 5.74) is 7.50. The first kappa shape index (κ1) is 18.4. The average molecular weight is 373 g/mol. The maximum Gasteiger partial charge on any atom is 0.253 e. The van der Waals surface area contributed by atoms with E-state index in [4.69, 9.17) is 5.73 Å². The largest absolute Gasteiger partial charge is 0.398 e. The van der Waals surface area contributed by atoms with E-state index < -0.39 is 10.0 Å². The quantitative estimate of drug-likeness (QED) is 0.784. The van der Waals surface area contributed by atoms with Crippen molar-refractivity contribution in [3.63, 3.8) is 0 Å². The Morgan fingerprint density at radius 2 is 1.65 bits per heavy atom. The number of nitrogen functional groups attached to an aromatic ring is 1. The molecular weight excluding hydrogens is 350 g/mol. The van der Waals surface area contributed by atoms with Gasteiger partial charge in [0.2, 0.25) is 10.0 Å². The maximum atomic E-state index is 12.6. The van der Waals surface area contributed by atoms with Crippen LogP contribution in [0.1, 0.15) is 28.8 Å². The van der Waals surface area contributed by atoms with E-state index in [9.17, 15) is 13.2 Å². The molecule has 0 unspecified atom stereocenters. The normalized spacial score (nSPS) is 16.3. The smallest absolute Gasteiger partial charge is 0.253 e. The second-order valence-corrected chi connectivity index (χ2v) is 8.44. The lowest BCUT2D eigenvalue weighted by Crippen LogP contribution is -2.46. The van der Waals surface area contributed by atoms with Crippen LogP contribution in [0.3, 0.4) is 0 Å². The van der Waals surface area contributed by atoms with Crippen molar-refractivity contribution in [1.82, 2.24) is 9.62 Å². The Morgan fingerprint density at radius 1 is 1.04 bits per heavy atom. The van der Waals surface area contributed by atoms with Crippen LogP contribution < -0.4 is 11.1 Å². The van der Waals surface area contributed by atoms with Gasteiger partial charge >= 0.3 is 0 Å². The topological polar surface area (TPSA) is 92.5 Å². The molecule has 1 fully saturated rings. The Morgan fingerprint density at radius 3 is 2.31 bits per heavy atom. The van der Waals surface area contributed by atoms with Crippen LogP contribution in [-0.4, -0.2) is 37.8 Å². The zero-order valence-electron chi connectivity index (χ0n) is 14.5. The van der Waals surface area contributed by atoms with Crippen molar-refractivity contribution in [2.75, 3.05) is 18.8 Å². The molecule has 138 valence electrons. The Bertz CT molecular complexity index is 861. The number of rotatable bonds is 5. The highest BCUT2D eigenvalue weighted by atomic mass is 32.2. The van der Waals surface area contributed by atoms with Crippen LogP contribution in [-0.2, 0) is 15.8 Å². The van der Waals surface area contributed by atoms with Gasteiger partial charge in [0.05, 0.1) is 11.3 Å². The molecule has 0 bridgehead atoms. The van der Waals surface area contributed by atoms with Gasteiger partial charge in [0.25, 0.3) is 5.91 Å². The highest BCUT2D eigenvalue weighted by molar-refractivity contribution is 7.88. The summed E-state index contributed by atoms with van der Waals surface area (Å²) in [5, 5.41) is 2.96. The highest BCUT2D eigenvalue weighted by Gasteiger charge is 2.29. The van der Waals surface area contributed by atoms with E-state index in [2.05, 4.69) is 5.32 Å². The summed E-state index contributed by atoms with van der Waals surface area (Å²) in [6.45, 7) is 0.814. The Labute approximate surface area is 154 Å². The Hall–Kier alpha value is -2.38. The first-order valence-corrected chi connectivity index (χ1v) is 10.2. The summed E-state index contributed by atoms with van der Waals surface area (Å²) in [7, 11) is -3.35. The molecule has 0 atom stereocenters. The van der Waals surface area contributed by atoms with Crippen molar-refractivity contribution in [3.8, 4) is 0 Å². The molecule has 0 aromatic heterocycles. The minimum atomic E-state index is -3.35. The van der Waals surface area contributed by atoms with Gasteiger partial charge in [-0.2, -0.15) is 0 Å². The molecule has 7 heteroatoms. The van der Waals surface area contributed by atoms with Gasteiger partial charge in [-0.15, -0.1) is 0 Å². The van der Waals surface area contributed by atoms with Gasteiger partial charge in [-0.25, -0.2) is 12.7 Å². The number of para-hydroxylation sites is 1. The van der Waals surface area contributed by atoms with Crippen LogP contribution in [0.5, 0.6) is 0 Å². The van der Waals surface area contributed by atoms with E-state index in [1.54, 1.807) is 24.3 Å². The molecule has 3 rings (SSSR count). The summed E-state index contributed by atoms with van der Waals surface area (Å²) in [6.07, 6.45) is 1.18. The van der Waals surface area contributed by atoms with Gasteiger partial charge in [-0.3, -0.25) is 4.79 Å². The molecule has 1 amide bonds. The lowest BCUT2D eigenvalue weighted by Gasteiger charge is -2.31. The van der Waals surface area contributed by atoms with Crippen molar-refractivity contribution in [3.05, 3.63) is 65.7 Å². The van der Waals surface area contributed by atoms with Crippen molar-refractivity contribution >= 4 is 21.6 Å². The average Bonchev–Trinajstić information content (AvgIpc) is 2.63. The Kier molecular flexibility index (Phi) is 5.58. The number of benzene rings is 2. The highest BCUT2D eigenvalue weighted by Crippen LogP contribution is 2.19. The molecular formula is C19H23N3O3S. The number of anilines is 1. The third-order valence-corrected chi connectivity index (χ3v) is 6.43. The molecule has 2 aromatic carbocycles. The van der Waals surface area contributed by atoms with E-state index in [-0.39, 0.29) is 17.7 Å². The van der Waals surface area contributed by atoms with Crippen molar-refractivity contribution in [2.24, 2.45) is 0 Å². The van der Waals surface area contributed by atoms with Crippen molar-refractivity contribution in [1.29, 1.82) is 0 Å². The molecule has 2 aromatic rings. The van der Waals surface area contributed by atoms with E-state index in [0.717, 1.165) is 5.56 Å². The minimum absolute atomic E-state index is 0.00537. The molecule has 1 saturated heterocycles. The molecule has 26 heavy (non-hydrogen) atoms. The van der Waals surface area contributed by atoms with Gasteiger partial charge in [-0.1, -0.05) is 42.5 Å². The number of nitrogens with zero attached hydrogens (tertiary/aromatic N) is 1. The van der Waals surface area contributed by atoms with Crippen LogP contribution in [0, 0.1) is 0 Å². The van der Waals surface area contributed by atoms with Crippen LogP contribution in [0.15, 0.2) is 54.6 Å². The number of amides is 1. The molecule has 3 N–H and O–H groups in total. The number of piperidine rings is 1. The van der Waals surface area contributed by atoms with E-state index in [0.29, 0.717) is 37.2 Å². The number of sulfonamides is 1. The lowest BCUT2D eigenvalue weighted by atomic mass is 10.1. The minimum Gasteiger partial charge on any atom is -0.398 e. The standard InChI is InChI=1S/C19H23N3O3S/c20-18-9-5-4-8-17(18)19(23)21-16-10-12-22(13-11-16)26(24,25)14-15-6-2-1-3-7-15/h1-9,16H,10-14,20H2,(H,21,23). The SMILES string of the molecule is Nc1ccccc1C(=O)NC1CCN(S(=O)(=O)Cc2ccccc2)CC1. The predicted octanol–water partition coefficient (Wildman–Crippen LogP) is 1.99. The summed E-state index contributed by atoms with van der Waals surface area (Å²) in [4.78, 5) is 12.3. The van der Waals surface area contributed by atoms with Gasteiger partial charge in [0.1, 0.15) is 0 Å². The fourth-order valence-corrected chi connectivity index (χ4v) is 4.68. The zero-order valence-corrected chi connectivity index (χ0v) is 15.3. The monoisotopic (exact) mass is 373 g/mol. The summed E-state index contributed by atoms with van der Waals surface area (Å²) < 4.78 is 26.7. The fourth-order valence-electron chi connectivity index (χ4n) is 3.12. The second kappa shape index (κ2) is 7.88. The maximum absolute atomic E-state index is 12.6. The number of hydrogen-bond acceptors (Lipinski definition) is 4. The number of carbonyl (C=O) groups is 1.